The van der Waals surface area contributed by atoms with Gasteiger partial charge in [0.2, 0.25) is 0 Å². The van der Waals surface area contributed by atoms with Crippen molar-refractivity contribution in [1.29, 1.82) is 0 Å². The Bertz CT molecular complexity index is 191. The summed E-state index contributed by atoms with van der Waals surface area (Å²) < 4.78 is 9.42. The number of ether oxygens (including phenoxy) is 2. The second kappa shape index (κ2) is 7.76. The molecule has 0 aliphatic heterocycles. The molecule has 0 aliphatic rings. The Hall–Kier alpha value is -0.870. The highest BCUT2D eigenvalue weighted by Crippen LogP contribution is 1.84. The van der Waals surface area contributed by atoms with Gasteiger partial charge in [-0.05, 0) is 0 Å². The Labute approximate surface area is 81.5 Å². The van der Waals surface area contributed by atoms with Crippen molar-refractivity contribution in [3.8, 4) is 0 Å². The lowest BCUT2D eigenvalue weighted by Gasteiger charge is -2.02. The number of halogens is 1. The van der Waals surface area contributed by atoms with Gasteiger partial charge in [0.1, 0.15) is 13.2 Å². The first-order valence-corrected chi connectivity index (χ1v) is 4.18. The number of carbonyl (C=O) groups is 2. The summed E-state index contributed by atoms with van der Waals surface area (Å²) in [7, 11) is 0. The van der Waals surface area contributed by atoms with Crippen molar-refractivity contribution in [3.05, 3.63) is 12.7 Å². The summed E-state index contributed by atoms with van der Waals surface area (Å²) >= 11 is 5.21. The minimum atomic E-state index is -0.507. The van der Waals surface area contributed by atoms with Gasteiger partial charge >= 0.3 is 5.97 Å². The van der Waals surface area contributed by atoms with Gasteiger partial charge in [-0.1, -0.05) is 6.58 Å². The van der Waals surface area contributed by atoms with Gasteiger partial charge in [-0.3, -0.25) is 4.79 Å². The maximum atomic E-state index is 10.6. The van der Waals surface area contributed by atoms with Gasteiger partial charge < -0.3 is 9.47 Å². The average Bonchev–Trinajstić information content (AvgIpc) is 2.16. The van der Waals surface area contributed by atoms with E-state index in [0.29, 0.717) is 0 Å². The molecule has 74 valence electrons. The third-order valence-corrected chi connectivity index (χ3v) is 1.35. The Morgan fingerprint density at radius 1 is 1.38 bits per heavy atom. The minimum Gasteiger partial charge on any atom is -0.460 e. The molecule has 0 rings (SSSR count). The zero-order valence-corrected chi connectivity index (χ0v) is 7.88. The highest BCUT2D eigenvalue weighted by molar-refractivity contribution is 6.27. The van der Waals surface area contributed by atoms with E-state index in [1.807, 2.05) is 0 Å². The van der Waals surface area contributed by atoms with Crippen LogP contribution in [0, 0.1) is 0 Å². The molecule has 0 amide bonds. The van der Waals surface area contributed by atoms with Crippen LogP contribution < -0.4 is 0 Å². The molecule has 0 saturated carbocycles. The van der Waals surface area contributed by atoms with Crippen LogP contribution in [0.3, 0.4) is 0 Å². The smallest absolute Gasteiger partial charge is 0.330 e. The zero-order chi connectivity index (χ0) is 10.1. The molecular weight excluding hydrogens is 196 g/mol. The highest BCUT2D eigenvalue weighted by atomic mass is 35.5. The molecular formula is C8H11ClO4. The fraction of sp³-hybridized carbons (Fsp3) is 0.500. The molecule has 0 radical (unpaired) electrons. The summed E-state index contributed by atoms with van der Waals surface area (Å²) in [5.74, 6) is -0.768. The standard InChI is InChI=1S/C8H11ClO4/c1-2-8(11)13-4-3-12-6-7(10)5-9/h2H,1,3-6H2. The van der Waals surface area contributed by atoms with Crippen molar-refractivity contribution in [2.45, 2.75) is 0 Å². The first kappa shape index (κ1) is 12.1. The summed E-state index contributed by atoms with van der Waals surface area (Å²) in [5.41, 5.74) is 0. The van der Waals surface area contributed by atoms with Crippen LogP contribution in [0.4, 0.5) is 0 Å². The van der Waals surface area contributed by atoms with Gasteiger partial charge in [0.15, 0.2) is 5.78 Å². The molecule has 0 saturated heterocycles. The second-order valence-electron chi connectivity index (χ2n) is 2.10. The van der Waals surface area contributed by atoms with E-state index in [2.05, 4.69) is 11.3 Å². The van der Waals surface area contributed by atoms with Crippen molar-refractivity contribution >= 4 is 23.4 Å². The van der Waals surface area contributed by atoms with Crippen LogP contribution in [-0.2, 0) is 19.1 Å². The molecule has 0 fully saturated rings. The SMILES string of the molecule is C=CC(=O)OCCOCC(=O)CCl. The van der Waals surface area contributed by atoms with Crippen molar-refractivity contribution < 1.29 is 19.1 Å². The van der Waals surface area contributed by atoms with Crippen LogP contribution in [0.25, 0.3) is 0 Å². The molecule has 0 aromatic carbocycles. The Morgan fingerprint density at radius 2 is 2.08 bits per heavy atom. The number of Topliss-reactive ketones (excluding diaryl/α,β-unsaturated/α-hetero) is 1. The number of hydrogen-bond donors (Lipinski definition) is 0. The largest absolute Gasteiger partial charge is 0.460 e. The van der Waals surface area contributed by atoms with E-state index in [9.17, 15) is 9.59 Å². The molecule has 0 unspecified atom stereocenters. The Kier molecular flexibility index (Phi) is 7.24. The maximum Gasteiger partial charge on any atom is 0.330 e. The van der Waals surface area contributed by atoms with Crippen LogP contribution in [0.1, 0.15) is 0 Å². The molecule has 4 nitrogen and oxygen atoms in total. The molecule has 0 spiro atoms. The van der Waals surface area contributed by atoms with E-state index in [1.54, 1.807) is 0 Å². The third kappa shape index (κ3) is 7.49. The molecule has 5 heteroatoms. The van der Waals surface area contributed by atoms with Crippen molar-refractivity contribution in [1.82, 2.24) is 0 Å². The van der Waals surface area contributed by atoms with Crippen molar-refractivity contribution in [2.75, 3.05) is 25.7 Å². The molecule has 13 heavy (non-hydrogen) atoms. The summed E-state index contributed by atoms with van der Waals surface area (Å²) in [4.78, 5) is 21.1. The van der Waals surface area contributed by atoms with Gasteiger partial charge in [0.25, 0.3) is 0 Å². The maximum absolute atomic E-state index is 10.6. The third-order valence-electron chi connectivity index (χ3n) is 1.05. The van der Waals surface area contributed by atoms with Gasteiger partial charge in [0.05, 0.1) is 12.5 Å². The van der Waals surface area contributed by atoms with E-state index in [4.69, 9.17) is 16.3 Å². The lowest BCUT2D eigenvalue weighted by atomic mass is 10.5. The second-order valence-corrected chi connectivity index (χ2v) is 2.36. The fourth-order valence-corrected chi connectivity index (χ4v) is 0.562. The molecule has 0 heterocycles. The minimum absolute atomic E-state index is 0.0465. The van der Waals surface area contributed by atoms with Gasteiger partial charge in [0, 0.05) is 6.08 Å². The van der Waals surface area contributed by atoms with E-state index in [-0.39, 0.29) is 31.5 Å². The van der Waals surface area contributed by atoms with Crippen LogP contribution in [-0.4, -0.2) is 37.5 Å². The average molecular weight is 207 g/mol. The summed E-state index contributed by atoms with van der Waals surface area (Å²) in [6.45, 7) is 3.46. The highest BCUT2D eigenvalue weighted by Gasteiger charge is 1.99. The van der Waals surface area contributed by atoms with Crippen LogP contribution >= 0.6 is 11.6 Å². The van der Waals surface area contributed by atoms with Gasteiger partial charge in [-0.15, -0.1) is 11.6 Å². The summed E-state index contributed by atoms with van der Waals surface area (Å²) in [6, 6.07) is 0. The van der Waals surface area contributed by atoms with Gasteiger partial charge in [-0.2, -0.15) is 0 Å². The number of carbonyl (C=O) groups excluding carboxylic acids is 2. The molecule has 0 atom stereocenters. The quantitative estimate of drug-likeness (QED) is 0.264. The number of esters is 1. The summed E-state index contributed by atoms with van der Waals surface area (Å²) in [5, 5.41) is 0. The fourth-order valence-electron chi connectivity index (χ4n) is 0.485. The first-order chi connectivity index (χ1) is 6.20. The Balaban J connectivity index is 3.21. The molecule has 0 aromatic rings. The molecule has 0 aliphatic carbocycles. The van der Waals surface area contributed by atoms with E-state index >= 15 is 0 Å². The molecule has 0 aromatic heterocycles. The summed E-state index contributed by atoms with van der Waals surface area (Å²) in [6.07, 6.45) is 1.06. The molecule has 0 N–H and O–H groups in total. The predicted molar refractivity (Wildman–Crippen MR) is 47.7 cm³/mol. The normalized spacial score (nSPS) is 9.31. The van der Waals surface area contributed by atoms with Crippen LogP contribution in [0.2, 0.25) is 0 Å². The topological polar surface area (TPSA) is 52.6 Å². The van der Waals surface area contributed by atoms with Crippen molar-refractivity contribution in [2.24, 2.45) is 0 Å². The lowest BCUT2D eigenvalue weighted by Crippen LogP contribution is -2.14. The number of alkyl halides is 1. The van der Waals surface area contributed by atoms with E-state index < -0.39 is 5.97 Å². The van der Waals surface area contributed by atoms with Gasteiger partial charge in [-0.25, -0.2) is 4.79 Å². The molecule has 0 bridgehead atoms. The predicted octanol–water partition coefficient (Wildman–Crippen LogP) is 0.540. The zero-order valence-electron chi connectivity index (χ0n) is 7.12. The van der Waals surface area contributed by atoms with Crippen LogP contribution in [0.5, 0.6) is 0 Å². The monoisotopic (exact) mass is 206 g/mol. The van der Waals surface area contributed by atoms with E-state index in [1.165, 1.54) is 0 Å². The number of hydrogen-bond acceptors (Lipinski definition) is 4. The number of ketones is 1. The van der Waals surface area contributed by atoms with Crippen LogP contribution in [0.15, 0.2) is 12.7 Å². The van der Waals surface area contributed by atoms with Crippen molar-refractivity contribution in [3.63, 3.8) is 0 Å². The Morgan fingerprint density at radius 3 is 2.62 bits per heavy atom. The van der Waals surface area contributed by atoms with E-state index in [0.717, 1.165) is 6.08 Å². The number of rotatable bonds is 7. The lowest BCUT2D eigenvalue weighted by molar-refractivity contribution is -0.139. The first-order valence-electron chi connectivity index (χ1n) is 3.65.